The first kappa shape index (κ1) is 37.7. The number of fused-ring (bicyclic) bond motifs is 12. The van der Waals surface area contributed by atoms with Crippen molar-refractivity contribution in [2.75, 3.05) is 0 Å². The van der Waals surface area contributed by atoms with Gasteiger partial charge in [0.1, 0.15) is 0 Å². The lowest BCUT2D eigenvalue weighted by Crippen LogP contribution is -2.02. The quantitative estimate of drug-likeness (QED) is 0.162. The molecule has 0 spiro atoms. The molecule has 312 valence electrons. The van der Waals surface area contributed by atoms with E-state index in [-0.39, 0.29) is 0 Å². The van der Waals surface area contributed by atoms with Crippen molar-refractivity contribution in [1.29, 1.82) is 0 Å². The molecule has 1 aliphatic carbocycles. The molecule has 0 saturated heterocycles. The van der Waals surface area contributed by atoms with E-state index in [9.17, 15) is 0 Å². The highest BCUT2D eigenvalue weighted by Crippen LogP contribution is 2.40. The van der Waals surface area contributed by atoms with Crippen LogP contribution in [0, 0.1) is 0 Å². The molecule has 0 unspecified atom stereocenters. The molecule has 11 aromatic carbocycles. The minimum atomic E-state index is 0.940. The first-order chi connectivity index (χ1) is 33.2. The van der Waals surface area contributed by atoms with Crippen molar-refractivity contribution in [2.45, 2.75) is 12.8 Å². The van der Waals surface area contributed by atoms with Crippen molar-refractivity contribution < 1.29 is 0 Å². The van der Waals surface area contributed by atoms with Gasteiger partial charge in [0.25, 0.3) is 0 Å². The summed E-state index contributed by atoms with van der Waals surface area (Å²) in [5.74, 6) is 0. The Balaban J connectivity index is 0.736. The molecular formula is C64H41N3. The second-order valence-corrected chi connectivity index (χ2v) is 18.1. The lowest BCUT2D eigenvalue weighted by Gasteiger charge is -2.13. The van der Waals surface area contributed by atoms with Crippen LogP contribution in [-0.2, 0) is 6.42 Å². The monoisotopic (exact) mass is 851 g/mol. The molecule has 2 aromatic heterocycles. The molecule has 0 amide bonds. The van der Waals surface area contributed by atoms with Gasteiger partial charge in [-0.2, -0.15) is 0 Å². The average molecular weight is 852 g/mol. The van der Waals surface area contributed by atoms with Crippen LogP contribution in [0.15, 0.2) is 219 Å². The van der Waals surface area contributed by atoms with Gasteiger partial charge in [0.05, 0.1) is 16.6 Å². The summed E-state index contributed by atoms with van der Waals surface area (Å²) < 4.78 is 2.46. The van der Waals surface area contributed by atoms with Crippen molar-refractivity contribution in [1.82, 2.24) is 14.5 Å². The van der Waals surface area contributed by atoms with E-state index in [1.165, 1.54) is 115 Å². The van der Waals surface area contributed by atoms with Gasteiger partial charge in [-0.05, 0) is 167 Å². The van der Waals surface area contributed by atoms with Crippen LogP contribution >= 0.6 is 0 Å². The van der Waals surface area contributed by atoms with Crippen molar-refractivity contribution in [3.8, 4) is 50.2 Å². The zero-order chi connectivity index (χ0) is 44.0. The molecule has 2 heterocycles. The summed E-state index contributed by atoms with van der Waals surface area (Å²) in [5.41, 5.74) is 16.8. The van der Waals surface area contributed by atoms with Gasteiger partial charge in [-0.25, -0.2) is 0 Å². The van der Waals surface area contributed by atoms with Crippen molar-refractivity contribution in [2.24, 2.45) is 0 Å². The second kappa shape index (κ2) is 14.9. The molecule has 3 heteroatoms. The predicted octanol–water partition coefficient (Wildman–Crippen LogP) is 17.0. The fourth-order valence-corrected chi connectivity index (χ4v) is 10.9. The average Bonchev–Trinajstić information content (AvgIpc) is 3.74. The standard InChI is InChI=1S/C64H41N3/c1-2-8-54(9-3-1)67-61-13-7-6-11-57(61)59-38-53(27-29-62(59)67)51-25-23-47-35-45(19-21-49(47)37-51)43-17-15-40-32-42(16-14-41(40)33-43)44-18-20-48-36-50(24-22-46(48)34-44)52-26-28-56-55-10-4-5-12-58(55)63-64(60(56)39-52)66-31-30-65-63/h1-6,8-12,14-39H,7,13H2. The Hall–Kier alpha value is -8.66. The SMILES string of the molecule is C1=Cc2c(n(-c3ccccc3)c3ccc(-c4ccc5cc(-c6ccc7cc(-c8ccc9cc(-c%10ccc%11c%12ccccc%12c%12nccnc%12c%11c%10)ccc9c8)ccc7c6)ccc5c4)cc23)CC1. The van der Waals surface area contributed by atoms with Crippen LogP contribution < -0.4 is 0 Å². The van der Waals surface area contributed by atoms with Gasteiger partial charge in [-0.3, -0.25) is 9.97 Å². The third-order valence-corrected chi connectivity index (χ3v) is 14.3. The zero-order valence-corrected chi connectivity index (χ0v) is 36.6. The van der Waals surface area contributed by atoms with Crippen molar-refractivity contribution in [3.63, 3.8) is 0 Å². The molecule has 67 heavy (non-hydrogen) atoms. The van der Waals surface area contributed by atoms with Gasteiger partial charge >= 0.3 is 0 Å². The summed E-state index contributed by atoms with van der Waals surface area (Å²) in [6.45, 7) is 0. The highest BCUT2D eigenvalue weighted by Gasteiger charge is 2.19. The van der Waals surface area contributed by atoms with Crippen LogP contribution in [0.5, 0.6) is 0 Å². The van der Waals surface area contributed by atoms with Gasteiger partial charge in [0.15, 0.2) is 0 Å². The minimum absolute atomic E-state index is 0.940. The lowest BCUT2D eigenvalue weighted by atomic mass is 9.93. The topological polar surface area (TPSA) is 30.7 Å². The fourth-order valence-electron chi connectivity index (χ4n) is 10.9. The Labute approximate surface area is 387 Å². The Morgan fingerprint density at radius 2 is 0.761 bits per heavy atom. The molecule has 1 aliphatic rings. The third kappa shape index (κ3) is 6.20. The normalized spacial score (nSPS) is 12.6. The second-order valence-electron chi connectivity index (χ2n) is 18.1. The first-order valence-electron chi connectivity index (χ1n) is 23.2. The van der Waals surface area contributed by atoms with E-state index in [2.05, 4.69) is 217 Å². The number of aromatic nitrogens is 3. The number of rotatable bonds is 5. The fraction of sp³-hybridized carbons (Fsp3) is 0.0312. The Kier molecular flexibility index (Phi) is 8.41. The number of allylic oxidation sites excluding steroid dienone is 1. The number of para-hydroxylation sites is 1. The van der Waals surface area contributed by atoms with E-state index < -0.39 is 0 Å². The molecule has 0 saturated carbocycles. The predicted molar refractivity (Wildman–Crippen MR) is 283 cm³/mol. The van der Waals surface area contributed by atoms with Crippen LogP contribution in [0.1, 0.15) is 17.7 Å². The summed E-state index contributed by atoms with van der Waals surface area (Å²) in [6, 6.07) is 74.1. The van der Waals surface area contributed by atoms with E-state index in [4.69, 9.17) is 9.97 Å². The van der Waals surface area contributed by atoms with Crippen LogP contribution in [0.4, 0.5) is 0 Å². The van der Waals surface area contributed by atoms with Gasteiger partial charge in [-0.15, -0.1) is 0 Å². The highest BCUT2D eigenvalue weighted by molar-refractivity contribution is 6.23. The van der Waals surface area contributed by atoms with Crippen LogP contribution in [0.3, 0.4) is 0 Å². The van der Waals surface area contributed by atoms with Crippen LogP contribution in [-0.4, -0.2) is 14.5 Å². The minimum Gasteiger partial charge on any atom is -0.313 e. The van der Waals surface area contributed by atoms with Gasteiger partial charge in [0, 0.05) is 45.5 Å². The summed E-state index contributed by atoms with van der Waals surface area (Å²) in [6.07, 6.45) is 10.3. The van der Waals surface area contributed by atoms with E-state index >= 15 is 0 Å². The molecular weight excluding hydrogens is 811 g/mol. The van der Waals surface area contributed by atoms with Gasteiger partial charge < -0.3 is 4.57 Å². The Morgan fingerprint density at radius 3 is 1.30 bits per heavy atom. The van der Waals surface area contributed by atoms with E-state index in [0.717, 1.165) is 34.6 Å². The summed E-state index contributed by atoms with van der Waals surface area (Å²) in [4.78, 5) is 9.54. The van der Waals surface area contributed by atoms with Gasteiger partial charge in [0.2, 0.25) is 0 Å². The Morgan fingerprint density at radius 1 is 0.343 bits per heavy atom. The molecule has 14 rings (SSSR count). The van der Waals surface area contributed by atoms with E-state index in [0.29, 0.717) is 0 Å². The maximum Gasteiger partial charge on any atom is 0.0971 e. The number of hydrogen-bond donors (Lipinski definition) is 0. The summed E-state index contributed by atoms with van der Waals surface area (Å²) in [5, 5.41) is 13.4. The Bertz CT molecular complexity index is 4180. The zero-order valence-electron chi connectivity index (χ0n) is 36.6. The number of hydrogen-bond acceptors (Lipinski definition) is 2. The van der Waals surface area contributed by atoms with Crippen molar-refractivity contribution >= 4 is 81.9 Å². The maximum atomic E-state index is 4.80. The number of nitrogens with zero attached hydrogens (tertiary/aromatic N) is 3. The molecule has 13 aromatic rings. The molecule has 0 radical (unpaired) electrons. The van der Waals surface area contributed by atoms with Crippen molar-refractivity contribution in [3.05, 3.63) is 230 Å². The lowest BCUT2D eigenvalue weighted by molar-refractivity contribution is 0.888. The first-order valence-corrected chi connectivity index (χ1v) is 23.2. The summed E-state index contributed by atoms with van der Waals surface area (Å²) >= 11 is 0. The largest absolute Gasteiger partial charge is 0.313 e. The molecule has 0 bridgehead atoms. The maximum absolute atomic E-state index is 4.80. The molecule has 0 atom stereocenters. The summed E-state index contributed by atoms with van der Waals surface area (Å²) in [7, 11) is 0. The number of benzene rings is 11. The van der Waals surface area contributed by atoms with E-state index in [1.54, 1.807) is 12.4 Å². The van der Waals surface area contributed by atoms with Crippen LogP contribution in [0.25, 0.3) is 132 Å². The van der Waals surface area contributed by atoms with Gasteiger partial charge in [-0.1, -0.05) is 146 Å². The third-order valence-electron chi connectivity index (χ3n) is 14.3. The molecule has 0 aliphatic heterocycles. The highest BCUT2D eigenvalue weighted by atomic mass is 15.0. The van der Waals surface area contributed by atoms with E-state index in [1.807, 2.05) is 0 Å². The molecule has 3 nitrogen and oxygen atoms in total. The smallest absolute Gasteiger partial charge is 0.0971 e. The molecule has 0 N–H and O–H groups in total. The molecule has 0 fully saturated rings. The van der Waals surface area contributed by atoms with Crippen LogP contribution in [0.2, 0.25) is 0 Å².